The Bertz CT molecular complexity index is 2980. The third-order valence-electron chi connectivity index (χ3n) is 12.1. The number of imidazole rings is 1. The van der Waals surface area contributed by atoms with Crippen molar-refractivity contribution in [3.63, 3.8) is 0 Å². The lowest BCUT2D eigenvalue weighted by Gasteiger charge is -2.36. The monoisotopic (exact) mass is 917 g/mol. The van der Waals surface area contributed by atoms with Crippen molar-refractivity contribution in [2.75, 3.05) is 36.0 Å². The van der Waals surface area contributed by atoms with E-state index >= 15 is 8.78 Å². The fourth-order valence-electron chi connectivity index (χ4n) is 9.02. The number of amides is 1. The molecule has 2 N–H and O–H groups in total. The Balaban J connectivity index is 1.01. The highest BCUT2D eigenvalue weighted by molar-refractivity contribution is 7.22. The first-order valence-corrected chi connectivity index (χ1v) is 21.4. The summed E-state index contributed by atoms with van der Waals surface area (Å²) in [5.41, 5.74) is -0.579. The van der Waals surface area contributed by atoms with Crippen molar-refractivity contribution in [2.24, 2.45) is 5.92 Å². The molecule has 10 rings (SSSR count). The lowest BCUT2D eigenvalue weighted by molar-refractivity contribution is -0.142. The number of Topliss-reactive ketones (excluding diaryl/α,β-unsaturated/α-hetero) is 1. The van der Waals surface area contributed by atoms with Gasteiger partial charge in [0.15, 0.2) is 22.3 Å². The van der Waals surface area contributed by atoms with Crippen molar-refractivity contribution in [3.05, 3.63) is 130 Å². The molecule has 20 heteroatoms. The minimum absolute atomic E-state index is 0.0302. The maximum Gasteiger partial charge on any atom is 0.435 e. The van der Waals surface area contributed by atoms with Crippen molar-refractivity contribution in [2.45, 2.75) is 50.4 Å². The summed E-state index contributed by atoms with van der Waals surface area (Å²) in [6.45, 7) is 2.58. The summed E-state index contributed by atoms with van der Waals surface area (Å²) in [6, 6.07) is 14.8. The van der Waals surface area contributed by atoms with E-state index in [0.717, 1.165) is 35.3 Å². The Morgan fingerprint density at radius 2 is 1.63 bits per heavy atom. The number of nitrogens with one attached hydrogen (secondary N) is 2. The number of carbonyl (C=O) groups is 2. The molecule has 0 unspecified atom stereocenters. The zero-order valence-electron chi connectivity index (χ0n) is 34.1. The van der Waals surface area contributed by atoms with Gasteiger partial charge in [0.2, 0.25) is 5.91 Å². The fraction of sp³-hybridized carbons (Fsp3) is 0.289. The molecule has 2 fully saturated rings. The standard InChI is InChI=1S/C45H35F8N9O2S/c1-22(63)29-17-25(4-7-33(29)48)30-20-35-42(58-43(65-35)61-12-10-60(11-13-61)28-5-2-24(3-6-28)41-54-8-9-55-41)57-38(30)34(16-23-14-26(46)18-27(47)15-23)56-36(64)21-62-40-37(39(59-62)45(51,52)53)31-19-32(31)44(40,49)50/h2-9,14-15,17-18,20,31-32,34H,10-13,16,19,21H2,1H3,(H,54,55)(H,56,64)/t31-,32+,34-/m0/s1. The number of H-pyrrole nitrogens is 1. The topological polar surface area (TPSA) is 125 Å². The second-order valence-corrected chi connectivity index (χ2v) is 17.4. The maximum absolute atomic E-state index is 15.5. The van der Waals surface area contributed by atoms with E-state index in [1.807, 2.05) is 24.3 Å². The highest BCUT2D eigenvalue weighted by Crippen LogP contribution is 2.68. The Labute approximate surface area is 368 Å². The predicted octanol–water partition coefficient (Wildman–Crippen LogP) is 9.22. The highest BCUT2D eigenvalue weighted by Gasteiger charge is 2.68. The lowest BCUT2D eigenvalue weighted by atomic mass is 9.94. The van der Waals surface area contributed by atoms with Gasteiger partial charge in [-0.05, 0) is 91.4 Å². The number of nitrogens with zero attached hydrogens (tertiary/aromatic N) is 7. The number of carbonyl (C=O) groups excluding carboxylic acids is 2. The van der Waals surface area contributed by atoms with Gasteiger partial charge in [0.1, 0.15) is 35.5 Å². The first-order chi connectivity index (χ1) is 31.0. The highest BCUT2D eigenvalue weighted by atomic mass is 32.1. The first kappa shape index (κ1) is 42.3. The van der Waals surface area contributed by atoms with Crippen molar-refractivity contribution < 1.29 is 44.7 Å². The lowest BCUT2D eigenvalue weighted by Crippen LogP contribution is -2.46. The number of aromatic nitrogens is 6. The van der Waals surface area contributed by atoms with Crippen LogP contribution in [0.1, 0.15) is 63.9 Å². The molecule has 0 radical (unpaired) electrons. The number of piperazine rings is 1. The maximum atomic E-state index is 15.5. The van der Waals surface area contributed by atoms with Crippen LogP contribution in [0.4, 0.5) is 45.9 Å². The number of anilines is 2. The normalized spacial score (nSPS) is 18.2. The molecular formula is C45H35F8N9O2S. The second-order valence-electron chi connectivity index (χ2n) is 16.4. The number of hydrogen-bond donors (Lipinski definition) is 2. The minimum atomic E-state index is -5.07. The Morgan fingerprint density at radius 3 is 2.31 bits per heavy atom. The third-order valence-corrected chi connectivity index (χ3v) is 13.2. The number of halogens is 8. The molecule has 2 aliphatic carbocycles. The molecule has 1 saturated carbocycles. The SMILES string of the molecule is CC(=O)c1cc(-c2cc3sc(N4CCN(c5ccc(-c6ncc[nH]6)cc5)CC4)nc3nc2[C@H](Cc2cc(F)cc(F)c2)NC(=O)Cn2nc(C(F)(F)F)c3c2C(F)(F)[C@@H]2C[C@H]32)ccc1F. The molecule has 7 aromatic rings. The second kappa shape index (κ2) is 15.8. The van der Waals surface area contributed by atoms with Gasteiger partial charge in [-0.2, -0.15) is 32.0 Å². The number of aromatic amines is 1. The molecule has 65 heavy (non-hydrogen) atoms. The van der Waals surface area contributed by atoms with Crippen LogP contribution in [0.3, 0.4) is 0 Å². The van der Waals surface area contributed by atoms with Crippen LogP contribution in [-0.4, -0.2) is 67.6 Å². The number of alkyl halides is 5. The number of rotatable bonds is 11. The van der Waals surface area contributed by atoms with E-state index in [1.165, 1.54) is 30.4 Å². The van der Waals surface area contributed by atoms with Crippen LogP contribution in [0.15, 0.2) is 79.1 Å². The van der Waals surface area contributed by atoms with Crippen molar-refractivity contribution >= 4 is 44.2 Å². The van der Waals surface area contributed by atoms with Crippen molar-refractivity contribution in [3.8, 4) is 22.5 Å². The van der Waals surface area contributed by atoms with Crippen LogP contribution in [0.2, 0.25) is 0 Å². The van der Waals surface area contributed by atoms with Gasteiger partial charge in [-0.15, -0.1) is 0 Å². The van der Waals surface area contributed by atoms with Crippen molar-refractivity contribution in [1.82, 2.24) is 35.0 Å². The largest absolute Gasteiger partial charge is 0.435 e. The summed E-state index contributed by atoms with van der Waals surface area (Å²) in [5, 5.41) is 6.74. The van der Waals surface area contributed by atoms with Gasteiger partial charge in [-0.1, -0.05) is 17.4 Å². The molecule has 1 amide bonds. The molecule has 0 bridgehead atoms. The Kier molecular flexibility index (Phi) is 10.3. The van der Waals surface area contributed by atoms with Crippen LogP contribution in [0.5, 0.6) is 0 Å². The summed E-state index contributed by atoms with van der Waals surface area (Å²) in [4.78, 5) is 48.0. The molecule has 3 aliphatic rings. The molecular weight excluding hydrogens is 883 g/mol. The Hall–Kier alpha value is -6.70. The van der Waals surface area contributed by atoms with Gasteiger partial charge in [0.25, 0.3) is 5.92 Å². The summed E-state index contributed by atoms with van der Waals surface area (Å²) in [6.07, 6.45) is -2.14. The average Bonchev–Trinajstić information content (AvgIpc) is 3.56. The number of fused-ring (bicyclic) bond motifs is 4. The number of benzene rings is 3. The quantitative estimate of drug-likeness (QED) is 0.0973. The van der Waals surface area contributed by atoms with Gasteiger partial charge in [-0.25, -0.2) is 23.1 Å². The number of hydrogen-bond acceptors (Lipinski definition) is 9. The number of pyridine rings is 1. The molecule has 1 saturated heterocycles. The summed E-state index contributed by atoms with van der Waals surface area (Å²) in [7, 11) is 0. The molecule has 11 nitrogen and oxygen atoms in total. The Morgan fingerprint density at radius 1 is 0.923 bits per heavy atom. The van der Waals surface area contributed by atoms with Crippen LogP contribution < -0.4 is 15.1 Å². The molecule has 1 aliphatic heterocycles. The van der Waals surface area contributed by atoms with Crippen molar-refractivity contribution in [1.29, 1.82) is 0 Å². The zero-order chi connectivity index (χ0) is 45.5. The molecule has 334 valence electrons. The smallest absolute Gasteiger partial charge is 0.368 e. The fourth-order valence-corrected chi connectivity index (χ4v) is 10.0. The van der Waals surface area contributed by atoms with Crippen LogP contribution in [0.25, 0.3) is 32.9 Å². The van der Waals surface area contributed by atoms with Gasteiger partial charge in [-0.3, -0.25) is 14.3 Å². The molecule has 4 aromatic heterocycles. The van der Waals surface area contributed by atoms with Gasteiger partial charge in [0, 0.05) is 72.9 Å². The van der Waals surface area contributed by atoms with E-state index in [9.17, 15) is 35.9 Å². The number of thiazole rings is 1. The summed E-state index contributed by atoms with van der Waals surface area (Å²) < 4.78 is 118. The number of ketones is 1. The zero-order valence-corrected chi connectivity index (χ0v) is 34.9. The van der Waals surface area contributed by atoms with Crippen LogP contribution in [-0.2, 0) is 29.9 Å². The minimum Gasteiger partial charge on any atom is -0.368 e. The van der Waals surface area contributed by atoms with E-state index in [4.69, 9.17) is 9.97 Å². The third kappa shape index (κ3) is 7.86. The van der Waals surface area contributed by atoms with Crippen LogP contribution in [0, 0.1) is 23.4 Å². The van der Waals surface area contributed by atoms with E-state index in [-0.39, 0.29) is 46.4 Å². The predicted molar refractivity (Wildman–Crippen MR) is 224 cm³/mol. The van der Waals surface area contributed by atoms with Gasteiger partial charge >= 0.3 is 6.18 Å². The van der Waals surface area contributed by atoms with E-state index in [2.05, 4.69) is 30.2 Å². The van der Waals surface area contributed by atoms with Gasteiger partial charge in [0.05, 0.1) is 22.0 Å². The molecule has 3 aromatic carbocycles. The summed E-state index contributed by atoms with van der Waals surface area (Å²) in [5.74, 6) is -9.64. The molecule has 5 heterocycles. The van der Waals surface area contributed by atoms with Crippen LogP contribution >= 0.6 is 11.3 Å². The first-order valence-electron chi connectivity index (χ1n) is 20.5. The summed E-state index contributed by atoms with van der Waals surface area (Å²) >= 11 is 1.31. The van der Waals surface area contributed by atoms with E-state index < -0.39 is 82.6 Å². The van der Waals surface area contributed by atoms with E-state index in [1.54, 1.807) is 18.5 Å². The molecule has 3 atom stereocenters. The molecule has 0 spiro atoms. The van der Waals surface area contributed by atoms with Gasteiger partial charge < -0.3 is 20.1 Å². The van der Waals surface area contributed by atoms with E-state index in [0.29, 0.717) is 46.8 Å². The average molecular weight is 918 g/mol.